The number of carboxylic acids is 1. The molecule has 16 heavy (non-hydrogen) atoms. The summed E-state index contributed by atoms with van der Waals surface area (Å²) in [5, 5.41) is 11.9. The van der Waals surface area contributed by atoms with Gasteiger partial charge >= 0.3 is 5.97 Å². The van der Waals surface area contributed by atoms with E-state index in [0.717, 1.165) is 0 Å². The fourth-order valence-electron chi connectivity index (χ4n) is 1.25. The number of aliphatic carboxylic acids is 1. The fraction of sp³-hybridized carbons (Fsp3) is 0.200. The Labute approximate surface area is 102 Å². The van der Waals surface area contributed by atoms with Gasteiger partial charge in [0.15, 0.2) is 5.54 Å². The van der Waals surface area contributed by atoms with Crippen molar-refractivity contribution in [2.24, 2.45) is 0 Å². The third kappa shape index (κ3) is 2.28. The van der Waals surface area contributed by atoms with Crippen LogP contribution >= 0.6 is 23.2 Å². The third-order valence-electron chi connectivity index (χ3n) is 2.24. The molecule has 0 fully saturated rings. The molecule has 0 saturated carbocycles. The van der Waals surface area contributed by atoms with Gasteiger partial charge in [0.1, 0.15) is 0 Å². The number of hydrogen-bond donors (Lipinski definition) is 2. The van der Waals surface area contributed by atoms with Crippen LogP contribution in [-0.2, 0) is 15.1 Å². The predicted molar refractivity (Wildman–Crippen MR) is 60.6 cm³/mol. The van der Waals surface area contributed by atoms with Gasteiger partial charge in [-0.3, -0.25) is 4.79 Å². The highest BCUT2D eigenvalue weighted by atomic mass is 35.5. The number of carbonyl (C=O) groups is 2. The summed E-state index contributed by atoms with van der Waals surface area (Å²) in [5.41, 5.74) is -1.36. The molecule has 1 atom stereocenters. The first-order valence-corrected chi connectivity index (χ1v) is 5.07. The molecule has 0 aromatic heterocycles. The zero-order chi connectivity index (χ0) is 12.3. The molecule has 1 aromatic carbocycles. The van der Waals surface area contributed by atoms with Crippen molar-refractivity contribution in [3.05, 3.63) is 33.8 Å². The van der Waals surface area contributed by atoms with Gasteiger partial charge in [0.2, 0.25) is 6.41 Å². The van der Waals surface area contributed by atoms with Crippen LogP contribution < -0.4 is 5.32 Å². The van der Waals surface area contributed by atoms with Crippen molar-refractivity contribution in [1.29, 1.82) is 0 Å². The van der Waals surface area contributed by atoms with Crippen molar-refractivity contribution in [3.8, 4) is 0 Å². The van der Waals surface area contributed by atoms with Gasteiger partial charge in [-0.05, 0) is 25.1 Å². The first-order valence-electron chi connectivity index (χ1n) is 4.32. The molecule has 2 N–H and O–H groups in total. The fourth-order valence-corrected chi connectivity index (χ4v) is 1.73. The van der Waals surface area contributed by atoms with E-state index in [2.05, 4.69) is 5.32 Å². The molecule has 1 unspecified atom stereocenters. The minimum absolute atomic E-state index is 0.226. The van der Waals surface area contributed by atoms with Crippen LogP contribution in [0, 0.1) is 0 Å². The van der Waals surface area contributed by atoms with Gasteiger partial charge in [-0.1, -0.05) is 23.2 Å². The second kappa shape index (κ2) is 4.72. The molecular formula is C10H9Cl2NO3. The third-order valence-corrected chi connectivity index (χ3v) is 2.81. The van der Waals surface area contributed by atoms with Gasteiger partial charge in [-0.2, -0.15) is 0 Å². The largest absolute Gasteiger partial charge is 0.479 e. The topological polar surface area (TPSA) is 66.4 Å². The average molecular weight is 262 g/mol. The molecule has 1 rings (SSSR count). The van der Waals surface area contributed by atoms with Crippen molar-refractivity contribution in [3.63, 3.8) is 0 Å². The van der Waals surface area contributed by atoms with Gasteiger partial charge in [-0.25, -0.2) is 4.79 Å². The Kier molecular flexibility index (Phi) is 3.78. The van der Waals surface area contributed by atoms with E-state index in [1.807, 2.05) is 0 Å². The minimum atomic E-state index is -1.59. The van der Waals surface area contributed by atoms with E-state index >= 15 is 0 Å². The molecular weight excluding hydrogens is 253 g/mol. The quantitative estimate of drug-likeness (QED) is 0.816. The maximum Gasteiger partial charge on any atom is 0.333 e. The normalized spacial score (nSPS) is 13.9. The zero-order valence-electron chi connectivity index (χ0n) is 8.33. The lowest BCUT2D eigenvalue weighted by Crippen LogP contribution is -2.46. The van der Waals surface area contributed by atoms with E-state index in [-0.39, 0.29) is 10.6 Å². The Morgan fingerprint density at radius 1 is 1.50 bits per heavy atom. The van der Waals surface area contributed by atoms with E-state index in [4.69, 9.17) is 28.3 Å². The molecule has 0 saturated heterocycles. The summed E-state index contributed by atoms with van der Waals surface area (Å²) in [7, 11) is 0. The lowest BCUT2D eigenvalue weighted by Gasteiger charge is -2.25. The van der Waals surface area contributed by atoms with E-state index in [0.29, 0.717) is 11.4 Å². The predicted octanol–water partition coefficient (Wildman–Crippen LogP) is 2.04. The lowest BCUT2D eigenvalue weighted by atomic mass is 9.92. The Bertz CT molecular complexity index is 436. The summed E-state index contributed by atoms with van der Waals surface area (Å²) >= 11 is 11.6. The first kappa shape index (κ1) is 12.8. The van der Waals surface area contributed by atoms with Crippen LogP contribution in [0.15, 0.2) is 18.2 Å². The summed E-state index contributed by atoms with van der Waals surface area (Å²) in [6.45, 7) is 1.33. The Hall–Kier alpha value is -1.26. The highest BCUT2D eigenvalue weighted by Gasteiger charge is 2.36. The highest BCUT2D eigenvalue weighted by Crippen LogP contribution is 2.30. The number of carboxylic acid groups (broad SMARTS) is 1. The van der Waals surface area contributed by atoms with Gasteiger partial charge in [0.05, 0.1) is 0 Å². The van der Waals surface area contributed by atoms with Gasteiger partial charge in [0.25, 0.3) is 0 Å². The molecule has 0 radical (unpaired) electrons. The van der Waals surface area contributed by atoms with Crippen molar-refractivity contribution in [1.82, 2.24) is 5.32 Å². The summed E-state index contributed by atoms with van der Waals surface area (Å²) in [6, 6.07) is 4.43. The SMILES string of the molecule is CC(NC=O)(C(=O)O)c1cc(Cl)ccc1Cl. The number of benzene rings is 1. The van der Waals surface area contributed by atoms with E-state index < -0.39 is 11.5 Å². The number of rotatable bonds is 4. The van der Waals surface area contributed by atoms with Crippen LogP contribution in [0.1, 0.15) is 12.5 Å². The van der Waals surface area contributed by atoms with Crippen LogP contribution in [0.5, 0.6) is 0 Å². The van der Waals surface area contributed by atoms with Crippen LogP contribution in [0.2, 0.25) is 10.0 Å². The molecule has 1 amide bonds. The molecule has 4 nitrogen and oxygen atoms in total. The van der Waals surface area contributed by atoms with Crippen LogP contribution in [0.3, 0.4) is 0 Å². The molecule has 86 valence electrons. The van der Waals surface area contributed by atoms with Crippen molar-refractivity contribution in [2.45, 2.75) is 12.5 Å². The van der Waals surface area contributed by atoms with Gasteiger partial charge in [-0.15, -0.1) is 0 Å². The molecule has 6 heteroatoms. The Morgan fingerprint density at radius 2 is 2.12 bits per heavy atom. The van der Waals surface area contributed by atoms with Crippen molar-refractivity contribution >= 4 is 35.6 Å². The minimum Gasteiger partial charge on any atom is -0.479 e. The number of hydrogen-bond acceptors (Lipinski definition) is 2. The first-order chi connectivity index (χ1) is 7.41. The highest BCUT2D eigenvalue weighted by molar-refractivity contribution is 6.34. The average Bonchev–Trinajstić information content (AvgIpc) is 2.21. The van der Waals surface area contributed by atoms with Crippen LogP contribution in [0.25, 0.3) is 0 Å². The zero-order valence-corrected chi connectivity index (χ0v) is 9.84. The monoisotopic (exact) mass is 261 g/mol. The molecule has 0 bridgehead atoms. The number of amides is 1. The smallest absolute Gasteiger partial charge is 0.333 e. The van der Waals surface area contributed by atoms with E-state index in [1.54, 1.807) is 0 Å². The molecule has 1 aromatic rings. The summed E-state index contributed by atoms with van der Waals surface area (Å²) in [5.74, 6) is -1.22. The molecule has 0 heterocycles. The number of carbonyl (C=O) groups excluding carboxylic acids is 1. The van der Waals surface area contributed by atoms with Gasteiger partial charge in [0, 0.05) is 15.6 Å². The Morgan fingerprint density at radius 3 is 2.62 bits per heavy atom. The van der Waals surface area contributed by atoms with Crippen LogP contribution in [-0.4, -0.2) is 17.5 Å². The summed E-state index contributed by atoms with van der Waals surface area (Å²) < 4.78 is 0. The van der Waals surface area contributed by atoms with Crippen LogP contribution in [0.4, 0.5) is 0 Å². The van der Waals surface area contributed by atoms with Crippen molar-refractivity contribution in [2.75, 3.05) is 0 Å². The summed E-state index contributed by atoms with van der Waals surface area (Å²) in [6.07, 6.45) is 0.311. The Balaban J connectivity index is 3.36. The number of halogens is 2. The molecule has 0 aliphatic heterocycles. The second-order valence-electron chi connectivity index (χ2n) is 3.32. The van der Waals surface area contributed by atoms with E-state index in [1.165, 1.54) is 25.1 Å². The summed E-state index contributed by atoms with van der Waals surface area (Å²) in [4.78, 5) is 21.6. The molecule has 0 aliphatic rings. The molecule has 0 spiro atoms. The standard InChI is InChI=1S/C10H9Cl2NO3/c1-10(9(15)16,13-5-14)7-4-6(11)2-3-8(7)12/h2-5H,1H3,(H,13,14)(H,15,16). The van der Waals surface area contributed by atoms with Crippen molar-refractivity contribution < 1.29 is 14.7 Å². The molecule has 0 aliphatic carbocycles. The van der Waals surface area contributed by atoms with E-state index in [9.17, 15) is 9.59 Å². The maximum atomic E-state index is 11.2. The number of nitrogens with one attached hydrogen (secondary N) is 1. The lowest BCUT2D eigenvalue weighted by molar-refractivity contribution is -0.145. The second-order valence-corrected chi connectivity index (χ2v) is 4.16. The maximum absolute atomic E-state index is 11.2. The van der Waals surface area contributed by atoms with Gasteiger partial charge < -0.3 is 10.4 Å².